The second-order valence-corrected chi connectivity index (χ2v) is 4.81. The van der Waals surface area contributed by atoms with Gasteiger partial charge >= 0.3 is 0 Å². The first kappa shape index (κ1) is 13.1. The third-order valence-corrected chi connectivity index (χ3v) is 2.92. The normalized spacial score (nSPS) is 16.4. The first-order valence-electron chi connectivity index (χ1n) is 6.59. The predicted octanol–water partition coefficient (Wildman–Crippen LogP) is 1.76. The van der Waals surface area contributed by atoms with Crippen LogP contribution in [0.15, 0.2) is 6.07 Å². The van der Waals surface area contributed by atoms with Gasteiger partial charge in [0.05, 0.1) is 12.7 Å². The van der Waals surface area contributed by atoms with Gasteiger partial charge in [0.1, 0.15) is 0 Å². The summed E-state index contributed by atoms with van der Waals surface area (Å²) in [6, 6.07) is 1.82. The van der Waals surface area contributed by atoms with Crippen molar-refractivity contribution in [3.05, 3.63) is 11.8 Å². The molecule has 5 heteroatoms. The number of aromatic nitrogens is 2. The molecule has 0 aromatic carbocycles. The van der Waals surface area contributed by atoms with Crippen LogP contribution in [0.2, 0.25) is 0 Å². The molecule has 100 valence electrons. The van der Waals surface area contributed by atoms with Crippen molar-refractivity contribution < 1.29 is 9.84 Å². The van der Waals surface area contributed by atoms with Gasteiger partial charge in [-0.25, -0.2) is 4.98 Å². The summed E-state index contributed by atoms with van der Waals surface area (Å²) in [4.78, 5) is 8.55. The first-order chi connectivity index (χ1) is 8.69. The molecular formula is C13H21N3O2. The van der Waals surface area contributed by atoms with Gasteiger partial charge in [-0.15, -0.1) is 0 Å². The molecule has 0 spiro atoms. The minimum Gasteiger partial charge on any atom is -0.478 e. The maximum Gasteiger partial charge on any atom is 0.226 e. The van der Waals surface area contributed by atoms with Gasteiger partial charge in [0, 0.05) is 18.3 Å². The molecule has 1 heterocycles. The minimum atomic E-state index is -0.297. The molecule has 0 bridgehead atoms. The number of hydrogen-bond acceptors (Lipinski definition) is 5. The SMILES string of the molecule is CCCOc1cc(C)nc(NCC(O)C2CC2)n1. The number of hydrogen-bond donors (Lipinski definition) is 2. The molecule has 0 radical (unpaired) electrons. The largest absolute Gasteiger partial charge is 0.478 e. The minimum absolute atomic E-state index is 0.297. The van der Waals surface area contributed by atoms with E-state index in [1.807, 2.05) is 13.0 Å². The fourth-order valence-corrected chi connectivity index (χ4v) is 1.74. The van der Waals surface area contributed by atoms with Crippen molar-refractivity contribution in [2.24, 2.45) is 5.92 Å². The summed E-state index contributed by atoms with van der Waals surface area (Å²) in [5.41, 5.74) is 0.861. The molecule has 0 aliphatic heterocycles. The van der Waals surface area contributed by atoms with Crippen molar-refractivity contribution in [3.8, 4) is 5.88 Å². The Bertz CT molecular complexity index is 394. The molecule has 1 unspecified atom stereocenters. The van der Waals surface area contributed by atoms with Gasteiger partial charge in [0.2, 0.25) is 11.8 Å². The number of rotatable bonds is 7. The van der Waals surface area contributed by atoms with Gasteiger partial charge < -0.3 is 15.2 Å². The maximum absolute atomic E-state index is 9.78. The highest BCUT2D eigenvalue weighted by Crippen LogP contribution is 2.32. The van der Waals surface area contributed by atoms with Crippen LogP contribution < -0.4 is 10.1 Å². The topological polar surface area (TPSA) is 67.3 Å². The number of aryl methyl sites for hydroxylation is 1. The molecular weight excluding hydrogens is 230 g/mol. The van der Waals surface area contributed by atoms with Crippen LogP contribution in [0.1, 0.15) is 31.9 Å². The predicted molar refractivity (Wildman–Crippen MR) is 69.8 cm³/mol. The Balaban J connectivity index is 1.91. The lowest BCUT2D eigenvalue weighted by atomic mass is 10.2. The van der Waals surface area contributed by atoms with Crippen molar-refractivity contribution >= 4 is 5.95 Å². The zero-order valence-corrected chi connectivity index (χ0v) is 11.0. The highest BCUT2D eigenvalue weighted by molar-refractivity contribution is 5.30. The van der Waals surface area contributed by atoms with E-state index in [2.05, 4.69) is 22.2 Å². The molecule has 1 fully saturated rings. The van der Waals surface area contributed by atoms with Gasteiger partial charge in [-0.3, -0.25) is 0 Å². The van der Waals surface area contributed by atoms with Crippen LogP contribution in [0.25, 0.3) is 0 Å². The van der Waals surface area contributed by atoms with E-state index in [0.717, 1.165) is 25.0 Å². The van der Waals surface area contributed by atoms with E-state index in [9.17, 15) is 5.11 Å². The third kappa shape index (κ3) is 3.84. The number of aliphatic hydroxyl groups is 1. The van der Waals surface area contributed by atoms with Crippen molar-refractivity contribution in [1.82, 2.24) is 9.97 Å². The molecule has 2 rings (SSSR count). The number of nitrogens with zero attached hydrogens (tertiary/aromatic N) is 2. The van der Waals surface area contributed by atoms with Crippen LogP contribution in [0.3, 0.4) is 0 Å². The molecule has 18 heavy (non-hydrogen) atoms. The van der Waals surface area contributed by atoms with Crippen LogP contribution in [-0.4, -0.2) is 34.3 Å². The van der Waals surface area contributed by atoms with E-state index in [4.69, 9.17) is 4.74 Å². The fraction of sp³-hybridized carbons (Fsp3) is 0.692. The maximum atomic E-state index is 9.78. The van der Waals surface area contributed by atoms with E-state index in [0.29, 0.717) is 30.9 Å². The highest BCUT2D eigenvalue weighted by Gasteiger charge is 2.29. The Hall–Kier alpha value is -1.36. The summed E-state index contributed by atoms with van der Waals surface area (Å²) in [6.45, 7) is 5.12. The zero-order valence-electron chi connectivity index (χ0n) is 11.0. The van der Waals surface area contributed by atoms with E-state index in [1.165, 1.54) is 0 Å². The lowest BCUT2D eigenvalue weighted by Crippen LogP contribution is -2.22. The van der Waals surface area contributed by atoms with E-state index < -0.39 is 0 Å². The van der Waals surface area contributed by atoms with Gasteiger partial charge in [-0.1, -0.05) is 6.92 Å². The second kappa shape index (κ2) is 6.00. The molecule has 5 nitrogen and oxygen atoms in total. The second-order valence-electron chi connectivity index (χ2n) is 4.81. The number of aliphatic hydroxyl groups excluding tert-OH is 1. The van der Waals surface area contributed by atoms with Crippen molar-refractivity contribution in [2.45, 2.75) is 39.2 Å². The molecule has 1 aliphatic carbocycles. The number of ether oxygens (including phenoxy) is 1. The molecule has 1 atom stereocenters. The van der Waals surface area contributed by atoms with Crippen LogP contribution >= 0.6 is 0 Å². The average Bonchev–Trinajstić information content (AvgIpc) is 3.17. The Morgan fingerprint density at radius 1 is 1.50 bits per heavy atom. The van der Waals surface area contributed by atoms with E-state index >= 15 is 0 Å². The zero-order chi connectivity index (χ0) is 13.0. The molecule has 1 aliphatic rings. The average molecular weight is 251 g/mol. The quantitative estimate of drug-likeness (QED) is 0.773. The summed E-state index contributed by atoms with van der Waals surface area (Å²) in [5, 5.41) is 12.9. The Morgan fingerprint density at radius 3 is 2.94 bits per heavy atom. The molecule has 1 aromatic rings. The van der Waals surface area contributed by atoms with E-state index in [1.54, 1.807) is 0 Å². The lowest BCUT2D eigenvalue weighted by Gasteiger charge is -2.12. The van der Waals surface area contributed by atoms with Crippen molar-refractivity contribution in [1.29, 1.82) is 0 Å². The van der Waals surface area contributed by atoms with E-state index in [-0.39, 0.29) is 6.10 Å². The summed E-state index contributed by atoms with van der Waals surface area (Å²) in [5.74, 6) is 1.58. The fourth-order valence-electron chi connectivity index (χ4n) is 1.74. The molecule has 1 aromatic heterocycles. The van der Waals surface area contributed by atoms with Gasteiger partial charge in [-0.2, -0.15) is 4.98 Å². The van der Waals surface area contributed by atoms with Crippen LogP contribution in [0, 0.1) is 12.8 Å². The molecule has 0 saturated heterocycles. The summed E-state index contributed by atoms with van der Waals surface area (Å²) >= 11 is 0. The standard InChI is InChI=1S/C13H21N3O2/c1-3-6-18-12-7-9(2)15-13(16-12)14-8-11(17)10-4-5-10/h7,10-11,17H,3-6,8H2,1-2H3,(H,14,15,16). The van der Waals surface area contributed by atoms with Crippen LogP contribution in [0.4, 0.5) is 5.95 Å². The van der Waals surface area contributed by atoms with Gasteiger partial charge in [-0.05, 0) is 32.1 Å². The summed E-state index contributed by atoms with van der Waals surface area (Å²) < 4.78 is 5.49. The van der Waals surface area contributed by atoms with Gasteiger partial charge in [0.15, 0.2) is 0 Å². The highest BCUT2D eigenvalue weighted by atomic mass is 16.5. The Labute approximate surface area is 108 Å². The molecule has 1 saturated carbocycles. The number of anilines is 1. The Kier molecular flexibility index (Phi) is 4.36. The van der Waals surface area contributed by atoms with Crippen molar-refractivity contribution in [2.75, 3.05) is 18.5 Å². The van der Waals surface area contributed by atoms with Gasteiger partial charge in [0.25, 0.3) is 0 Å². The monoisotopic (exact) mass is 251 g/mol. The third-order valence-electron chi connectivity index (χ3n) is 2.92. The van der Waals surface area contributed by atoms with Crippen molar-refractivity contribution in [3.63, 3.8) is 0 Å². The number of nitrogens with one attached hydrogen (secondary N) is 1. The first-order valence-corrected chi connectivity index (χ1v) is 6.59. The Morgan fingerprint density at radius 2 is 2.28 bits per heavy atom. The molecule has 0 amide bonds. The summed E-state index contributed by atoms with van der Waals surface area (Å²) in [6.07, 6.45) is 2.91. The van der Waals surface area contributed by atoms with Crippen LogP contribution in [0.5, 0.6) is 5.88 Å². The lowest BCUT2D eigenvalue weighted by molar-refractivity contribution is 0.164. The van der Waals surface area contributed by atoms with Crippen LogP contribution in [-0.2, 0) is 0 Å². The molecule has 2 N–H and O–H groups in total. The summed E-state index contributed by atoms with van der Waals surface area (Å²) in [7, 11) is 0. The smallest absolute Gasteiger partial charge is 0.226 e.